The Morgan fingerprint density at radius 1 is 1.50 bits per heavy atom. The Labute approximate surface area is 90.9 Å². The van der Waals surface area contributed by atoms with E-state index >= 15 is 0 Å². The molecule has 0 fully saturated rings. The highest BCUT2D eigenvalue weighted by Crippen LogP contribution is 2.25. The summed E-state index contributed by atoms with van der Waals surface area (Å²) in [5.41, 5.74) is 0.293. The van der Waals surface area contributed by atoms with Gasteiger partial charge in [0, 0.05) is 12.4 Å². The van der Waals surface area contributed by atoms with Gasteiger partial charge in [0.15, 0.2) is 0 Å². The average Bonchev–Trinajstić information content (AvgIpc) is 2.15. The van der Waals surface area contributed by atoms with Crippen LogP contribution in [0, 0.1) is 0 Å². The fourth-order valence-electron chi connectivity index (χ4n) is 1.28. The SMILES string of the molecule is O=C(O)CC1=NS(=O)(=O)c2cnccc2N1. The number of fused-ring (bicyclic) bond motifs is 1. The van der Waals surface area contributed by atoms with Crippen molar-refractivity contribution in [2.24, 2.45) is 4.40 Å². The van der Waals surface area contributed by atoms with Gasteiger partial charge in [-0.2, -0.15) is 8.42 Å². The van der Waals surface area contributed by atoms with Crippen molar-refractivity contribution in [2.75, 3.05) is 5.32 Å². The molecular formula is C8H7N3O4S. The van der Waals surface area contributed by atoms with Crippen LogP contribution in [0.2, 0.25) is 0 Å². The topological polar surface area (TPSA) is 109 Å². The number of carbonyl (C=O) groups is 1. The predicted molar refractivity (Wildman–Crippen MR) is 54.7 cm³/mol. The molecule has 0 saturated heterocycles. The van der Waals surface area contributed by atoms with E-state index in [1.54, 1.807) is 0 Å². The Morgan fingerprint density at radius 2 is 2.25 bits per heavy atom. The lowest BCUT2D eigenvalue weighted by Crippen LogP contribution is -2.23. The first-order chi connectivity index (χ1) is 7.49. The lowest BCUT2D eigenvalue weighted by molar-refractivity contribution is -0.135. The molecule has 7 nitrogen and oxygen atoms in total. The number of hydrogen-bond acceptors (Lipinski definition) is 5. The van der Waals surface area contributed by atoms with Crippen molar-refractivity contribution >= 4 is 27.5 Å². The van der Waals surface area contributed by atoms with Crippen LogP contribution in [0.3, 0.4) is 0 Å². The molecule has 2 heterocycles. The molecule has 0 spiro atoms. The Kier molecular flexibility index (Phi) is 2.35. The van der Waals surface area contributed by atoms with Crippen LogP contribution in [-0.2, 0) is 14.8 Å². The normalized spacial score (nSPS) is 16.9. The number of carboxylic acid groups (broad SMARTS) is 1. The summed E-state index contributed by atoms with van der Waals surface area (Å²) in [6.45, 7) is 0. The molecular weight excluding hydrogens is 234 g/mol. The van der Waals surface area contributed by atoms with Gasteiger partial charge in [-0.3, -0.25) is 9.78 Å². The molecule has 0 radical (unpaired) electrons. The number of aromatic nitrogens is 1. The van der Waals surface area contributed by atoms with Gasteiger partial charge in [0.1, 0.15) is 17.2 Å². The Balaban J connectivity index is 2.48. The summed E-state index contributed by atoms with van der Waals surface area (Å²) in [6.07, 6.45) is 2.10. The van der Waals surface area contributed by atoms with Crippen LogP contribution in [0.25, 0.3) is 0 Å². The predicted octanol–water partition coefficient (Wildman–Crippen LogP) is 0.0690. The molecule has 1 aliphatic rings. The van der Waals surface area contributed by atoms with Crippen LogP contribution in [-0.4, -0.2) is 30.3 Å². The third-order valence-electron chi connectivity index (χ3n) is 1.89. The Hall–Kier alpha value is -1.96. The minimum atomic E-state index is -3.84. The molecule has 1 aromatic heterocycles. The summed E-state index contributed by atoms with van der Waals surface area (Å²) in [5, 5.41) is 11.2. The van der Waals surface area contributed by atoms with Gasteiger partial charge in [-0.15, -0.1) is 4.40 Å². The van der Waals surface area contributed by atoms with Crippen molar-refractivity contribution in [3.63, 3.8) is 0 Å². The third kappa shape index (κ3) is 1.87. The van der Waals surface area contributed by atoms with E-state index in [1.807, 2.05) is 0 Å². The first-order valence-corrected chi connectivity index (χ1v) is 5.70. The average molecular weight is 241 g/mol. The molecule has 0 amide bonds. The number of sulfonamides is 1. The van der Waals surface area contributed by atoms with E-state index in [2.05, 4.69) is 14.7 Å². The fraction of sp³-hybridized carbons (Fsp3) is 0.125. The van der Waals surface area contributed by atoms with E-state index < -0.39 is 22.4 Å². The molecule has 16 heavy (non-hydrogen) atoms. The lowest BCUT2D eigenvalue weighted by Gasteiger charge is -2.16. The van der Waals surface area contributed by atoms with Crippen molar-refractivity contribution in [1.82, 2.24) is 4.98 Å². The summed E-state index contributed by atoms with van der Waals surface area (Å²) in [6, 6.07) is 1.45. The molecule has 2 N–H and O–H groups in total. The van der Waals surface area contributed by atoms with Crippen LogP contribution in [0.5, 0.6) is 0 Å². The fourth-order valence-corrected chi connectivity index (χ4v) is 2.37. The number of pyridine rings is 1. The minimum Gasteiger partial charge on any atom is -0.481 e. The monoisotopic (exact) mass is 241 g/mol. The second-order valence-electron chi connectivity index (χ2n) is 3.08. The van der Waals surface area contributed by atoms with E-state index in [4.69, 9.17) is 5.11 Å². The largest absolute Gasteiger partial charge is 0.481 e. The number of rotatable bonds is 2. The van der Waals surface area contributed by atoms with Gasteiger partial charge in [0.25, 0.3) is 10.0 Å². The molecule has 1 aromatic rings. The highest BCUT2D eigenvalue weighted by atomic mass is 32.2. The molecule has 0 bridgehead atoms. The first-order valence-electron chi connectivity index (χ1n) is 4.26. The Bertz CT molecular complexity index is 579. The van der Waals surface area contributed by atoms with Crippen molar-refractivity contribution in [1.29, 1.82) is 0 Å². The highest BCUT2D eigenvalue weighted by Gasteiger charge is 2.25. The number of amidine groups is 1. The van der Waals surface area contributed by atoms with Crippen LogP contribution in [0.15, 0.2) is 27.8 Å². The number of carboxylic acids is 1. The molecule has 2 rings (SSSR count). The molecule has 1 aliphatic heterocycles. The Morgan fingerprint density at radius 3 is 2.94 bits per heavy atom. The molecule has 0 unspecified atom stereocenters. The van der Waals surface area contributed by atoms with Crippen LogP contribution in [0.1, 0.15) is 6.42 Å². The molecule has 0 atom stereocenters. The van der Waals surface area contributed by atoms with Crippen molar-refractivity contribution in [2.45, 2.75) is 11.3 Å². The number of nitrogens with zero attached hydrogens (tertiary/aromatic N) is 2. The van der Waals surface area contributed by atoms with E-state index in [1.165, 1.54) is 18.5 Å². The summed E-state index contributed by atoms with van der Waals surface area (Å²) < 4.78 is 26.6. The maximum Gasteiger partial charge on any atom is 0.311 e. The quantitative estimate of drug-likeness (QED) is 0.758. The minimum absolute atomic E-state index is 0.0517. The summed E-state index contributed by atoms with van der Waals surface area (Å²) in [5.74, 6) is -1.26. The standard InChI is InChI=1S/C8H7N3O4S/c12-8(13)3-7-10-5-1-2-9-4-6(5)16(14,15)11-7/h1-2,4H,3H2,(H,10,11)(H,12,13). The maximum atomic E-state index is 11.6. The van der Waals surface area contributed by atoms with Gasteiger partial charge in [-0.25, -0.2) is 0 Å². The molecule has 8 heteroatoms. The van der Waals surface area contributed by atoms with Gasteiger partial charge in [-0.1, -0.05) is 0 Å². The zero-order valence-corrected chi connectivity index (χ0v) is 8.73. The van der Waals surface area contributed by atoms with Gasteiger partial charge in [0.2, 0.25) is 0 Å². The number of anilines is 1. The molecule has 84 valence electrons. The van der Waals surface area contributed by atoms with Crippen molar-refractivity contribution in [3.8, 4) is 0 Å². The van der Waals surface area contributed by atoms with E-state index in [9.17, 15) is 13.2 Å². The smallest absolute Gasteiger partial charge is 0.311 e. The molecule has 0 aromatic carbocycles. The zero-order chi connectivity index (χ0) is 11.8. The molecule has 0 aliphatic carbocycles. The number of nitrogens with one attached hydrogen (secondary N) is 1. The van der Waals surface area contributed by atoms with E-state index in [-0.39, 0.29) is 10.7 Å². The molecule has 0 saturated carbocycles. The van der Waals surface area contributed by atoms with E-state index in [0.717, 1.165) is 0 Å². The van der Waals surface area contributed by atoms with Gasteiger partial charge in [-0.05, 0) is 6.07 Å². The van der Waals surface area contributed by atoms with Gasteiger partial charge >= 0.3 is 5.97 Å². The number of hydrogen-bond donors (Lipinski definition) is 2. The zero-order valence-electron chi connectivity index (χ0n) is 7.91. The first kappa shape index (κ1) is 10.6. The van der Waals surface area contributed by atoms with Crippen LogP contribution < -0.4 is 5.32 Å². The third-order valence-corrected chi connectivity index (χ3v) is 3.23. The van der Waals surface area contributed by atoms with Gasteiger partial charge < -0.3 is 10.4 Å². The van der Waals surface area contributed by atoms with Crippen molar-refractivity contribution < 1.29 is 18.3 Å². The summed E-state index contributed by atoms with van der Waals surface area (Å²) in [7, 11) is -3.84. The second-order valence-corrected chi connectivity index (χ2v) is 4.65. The van der Waals surface area contributed by atoms with Crippen LogP contribution in [0.4, 0.5) is 5.69 Å². The van der Waals surface area contributed by atoms with E-state index in [0.29, 0.717) is 5.69 Å². The van der Waals surface area contributed by atoms with Crippen molar-refractivity contribution in [3.05, 3.63) is 18.5 Å². The summed E-state index contributed by atoms with van der Waals surface area (Å²) in [4.78, 5) is 14.1. The highest BCUT2D eigenvalue weighted by molar-refractivity contribution is 7.90. The van der Waals surface area contributed by atoms with Crippen LogP contribution >= 0.6 is 0 Å². The maximum absolute atomic E-state index is 11.6. The number of aliphatic carboxylic acids is 1. The van der Waals surface area contributed by atoms with Gasteiger partial charge in [0.05, 0.1) is 5.69 Å². The second kappa shape index (κ2) is 3.56. The lowest BCUT2D eigenvalue weighted by atomic mass is 10.3. The summed E-state index contributed by atoms with van der Waals surface area (Å²) >= 11 is 0.